The molecule has 0 atom stereocenters. The van der Waals surface area contributed by atoms with E-state index in [1.54, 1.807) is 12.1 Å². The van der Waals surface area contributed by atoms with E-state index in [-0.39, 0.29) is 5.75 Å². The van der Waals surface area contributed by atoms with E-state index in [4.69, 9.17) is 0 Å². The second-order valence-corrected chi connectivity index (χ2v) is 5.49. The van der Waals surface area contributed by atoms with Crippen LogP contribution in [0.25, 0.3) is 0 Å². The topological polar surface area (TPSA) is 21.3 Å². The maximum Gasteiger partial charge on any atom is 0.387 e. The van der Waals surface area contributed by atoms with Gasteiger partial charge in [-0.25, -0.2) is 0 Å². The van der Waals surface area contributed by atoms with Crippen LogP contribution in [0.15, 0.2) is 24.3 Å². The van der Waals surface area contributed by atoms with Gasteiger partial charge in [-0.3, -0.25) is 0 Å². The van der Waals surface area contributed by atoms with Crippen molar-refractivity contribution in [2.24, 2.45) is 5.92 Å². The van der Waals surface area contributed by atoms with E-state index in [0.29, 0.717) is 0 Å². The Kier molecular flexibility index (Phi) is 6.25. The van der Waals surface area contributed by atoms with Gasteiger partial charge in [0, 0.05) is 6.54 Å². The third kappa shape index (κ3) is 5.45. The number of hydrogen-bond acceptors (Lipinski definition) is 2. The van der Waals surface area contributed by atoms with Crippen molar-refractivity contribution in [3.63, 3.8) is 0 Å². The van der Waals surface area contributed by atoms with E-state index in [1.807, 2.05) is 12.1 Å². The smallest absolute Gasteiger partial charge is 0.387 e. The van der Waals surface area contributed by atoms with E-state index < -0.39 is 6.61 Å². The molecule has 0 aliphatic heterocycles. The zero-order valence-corrected chi connectivity index (χ0v) is 11.8. The number of alkyl halides is 2. The van der Waals surface area contributed by atoms with Crippen molar-refractivity contribution in [1.29, 1.82) is 0 Å². The Balaban J connectivity index is 1.63. The highest BCUT2D eigenvalue weighted by molar-refractivity contribution is 5.27. The minimum Gasteiger partial charge on any atom is -0.435 e. The van der Waals surface area contributed by atoms with Crippen LogP contribution >= 0.6 is 0 Å². The molecule has 1 N–H and O–H groups in total. The molecule has 0 heterocycles. The lowest BCUT2D eigenvalue weighted by atomic mass is 9.87. The number of rotatable bonds is 7. The van der Waals surface area contributed by atoms with Gasteiger partial charge in [-0.15, -0.1) is 0 Å². The lowest BCUT2D eigenvalue weighted by molar-refractivity contribution is -0.0498. The first-order chi connectivity index (χ1) is 9.74. The first-order valence-corrected chi connectivity index (χ1v) is 7.48. The first kappa shape index (κ1) is 15.2. The molecule has 0 saturated heterocycles. The van der Waals surface area contributed by atoms with E-state index in [9.17, 15) is 8.78 Å². The molecule has 2 nitrogen and oxygen atoms in total. The Morgan fingerprint density at radius 2 is 1.80 bits per heavy atom. The second-order valence-electron chi connectivity index (χ2n) is 5.49. The molecule has 1 aliphatic carbocycles. The lowest BCUT2D eigenvalue weighted by Crippen LogP contribution is -2.19. The highest BCUT2D eigenvalue weighted by Gasteiger charge is 2.12. The van der Waals surface area contributed by atoms with Crippen LogP contribution < -0.4 is 10.1 Å². The van der Waals surface area contributed by atoms with Crippen LogP contribution in [0.1, 0.15) is 44.1 Å². The van der Waals surface area contributed by atoms with Gasteiger partial charge in [0.2, 0.25) is 0 Å². The summed E-state index contributed by atoms with van der Waals surface area (Å²) < 4.78 is 28.3. The van der Waals surface area contributed by atoms with Crippen LogP contribution in [0.3, 0.4) is 0 Å². The summed E-state index contributed by atoms with van der Waals surface area (Å²) in [4.78, 5) is 0. The zero-order valence-electron chi connectivity index (χ0n) is 11.8. The maximum atomic E-state index is 12.0. The Labute approximate surface area is 119 Å². The number of halogens is 2. The molecule has 0 spiro atoms. The van der Waals surface area contributed by atoms with Crippen LogP contribution in [0, 0.1) is 5.92 Å². The second kappa shape index (κ2) is 8.20. The number of hydrogen-bond donors (Lipinski definition) is 1. The monoisotopic (exact) mass is 283 g/mol. The van der Waals surface area contributed by atoms with Crippen LogP contribution in [0.5, 0.6) is 5.75 Å². The highest BCUT2D eigenvalue weighted by atomic mass is 19.3. The van der Waals surface area contributed by atoms with E-state index in [0.717, 1.165) is 24.6 Å². The summed E-state index contributed by atoms with van der Waals surface area (Å²) in [6.07, 6.45) is 8.17. The molecule has 0 amide bonds. The molecule has 0 bridgehead atoms. The summed E-state index contributed by atoms with van der Waals surface area (Å²) >= 11 is 0. The average molecular weight is 283 g/mol. The molecule has 4 heteroatoms. The quantitative estimate of drug-likeness (QED) is 0.751. The van der Waals surface area contributed by atoms with Crippen molar-refractivity contribution < 1.29 is 13.5 Å². The lowest BCUT2D eigenvalue weighted by Gasteiger charge is -2.21. The van der Waals surface area contributed by atoms with Gasteiger partial charge < -0.3 is 10.1 Å². The normalized spacial score (nSPS) is 16.6. The van der Waals surface area contributed by atoms with E-state index in [1.165, 1.54) is 38.5 Å². The summed E-state index contributed by atoms with van der Waals surface area (Å²) in [5.74, 6) is 1.10. The van der Waals surface area contributed by atoms with Gasteiger partial charge in [0.15, 0.2) is 0 Å². The van der Waals surface area contributed by atoms with Crippen molar-refractivity contribution in [3.8, 4) is 5.75 Å². The summed E-state index contributed by atoms with van der Waals surface area (Å²) in [5.41, 5.74) is 1.09. The summed E-state index contributed by atoms with van der Waals surface area (Å²) in [5, 5.41) is 3.42. The minimum atomic E-state index is -2.76. The minimum absolute atomic E-state index is 0.214. The van der Waals surface area contributed by atoms with Gasteiger partial charge in [0.25, 0.3) is 0 Å². The third-order valence-electron chi connectivity index (χ3n) is 3.93. The van der Waals surface area contributed by atoms with Gasteiger partial charge in [-0.1, -0.05) is 44.2 Å². The Hall–Kier alpha value is -1.16. The molecule has 112 valence electrons. The fourth-order valence-corrected chi connectivity index (χ4v) is 2.80. The van der Waals surface area contributed by atoms with Gasteiger partial charge >= 0.3 is 6.61 Å². The standard InChI is InChI=1S/C16H23F2NO/c17-16(18)20-15-8-6-14(7-9-15)12-19-11-10-13-4-2-1-3-5-13/h6-9,13,16,19H,1-5,10-12H2. The van der Waals surface area contributed by atoms with Crippen LogP contribution in [0.4, 0.5) is 8.78 Å². The number of nitrogens with one attached hydrogen (secondary N) is 1. The van der Waals surface area contributed by atoms with Crippen molar-refractivity contribution in [2.45, 2.75) is 51.7 Å². The highest BCUT2D eigenvalue weighted by Crippen LogP contribution is 2.25. The van der Waals surface area contributed by atoms with Crippen molar-refractivity contribution in [3.05, 3.63) is 29.8 Å². The van der Waals surface area contributed by atoms with Gasteiger partial charge in [-0.2, -0.15) is 8.78 Å². The predicted octanol–water partition coefficient (Wildman–Crippen LogP) is 4.35. The molecule has 1 fully saturated rings. The predicted molar refractivity (Wildman–Crippen MR) is 76.0 cm³/mol. The third-order valence-corrected chi connectivity index (χ3v) is 3.93. The molecular weight excluding hydrogens is 260 g/mol. The Bertz CT molecular complexity index is 375. The fraction of sp³-hybridized carbons (Fsp3) is 0.625. The fourth-order valence-electron chi connectivity index (χ4n) is 2.80. The van der Waals surface area contributed by atoms with E-state index >= 15 is 0 Å². The molecule has 2 rings (SSSR count). The van der Waals surface area contributed by atoms with Crippen molar-refractivity contribution >= 4 is 0 Å². The number of benzene rings is 1. The van der Waals surface area contributed by atoms with Gasteiger partial charge in [0.1, 0.15) is 5.75 Å². The summed E-state index contributed by atoms with van der Waals surface area (Å²) in [6, 6.07) is 6.82. The average Bonchev–Trinajstić information content (AvgIpc) is 2.46. The molecule has 1 aromatic carbocycles. The zero-order chi connectivity index (χ0) is 14.2. The van der Waals surface area contributed by atoms with Crippen LogP contribution in [-0.2, 0) is 6.54 Å². The molecule has 0 aromatic heterocycles. The largest absolute Gasteiger partial charge is 0.435 e. The SMILES string of the molecule is FC(F)Oc1ccc(CNCCC2CCCCC2)cc1. The Morgan fingerprint density at radius 3 is 2.45 bits per heavy atom. The van der Waals surface area contributed by atoms with Crippen LogP contribution in [0.2, 0.25) is 0 Å². The van der Waals surface area contributed by atoms with Crippen molar-refractivity contribution in [2.75, 3.05) is 6.54 Å². The Morgan fingerprint density at radius 1 is 1.10 bits per heavy atom. The number of ether oxygens (including phenoxy) is 1. The molecule has 1 saturated carbocycles. The first-order valence-electron chi connectivity index (χ1n) is 7.48. The summed E-state index contributed by atoms with van der Waals surface area (Å²) in [7, 11) is 0. The van der Waals surface area contributed by atoms with Crippen LogP contribution in [-0.4, -0.2) is 13.2 Å². The molecule has 0 unspecified atom stereocenters. The van der Waals surface area contributed by atoms with E-state index in [2.05, 4.69) is 10.1 Å². The molecule has 1 aliphatic rings. The molecular formula is C16H23F2NO. The van der Waals surface area contributed by atoms with Crippen molar-refractivity contribution in [1.82, 2.24) is 5.32 Å². The molecule has 1 aromatic rings. The summed E-state index contributed by atoms with van der Waals surface area (Å²) in [6.45, 7) is -0.948. The molecule has 0 radical (unpaired) electrons. The van der Waals surface area contributed by atoms with Gasteiger partial charge in [0.05, 0.1) is 0 Å². The maximum absolute atomic E-state index is 12.0. The molecule has 20 heavy (non-hydrogen) atoms. The van der Waals surface area contributed by atoms with Gasteiger partial charge in [-0.05, 0) is 36.6 Å².